The predicted molar refractivity (Wildman–Crippen MR) is 85.4 cm³/mol. The SMILES string of the molecule is OC[C@H]1O[C@@H](Oc2[nH]c3ccc(Br)cc3c2Cl)[C@H](O)[C@@H](O)[C@@H]1O. The minimum absolute atomic E-state index is 0.157. The van der Waals surface area contributed by atoms with Crippen molar-refractivity contribution in [2.75, 3.05) is 6.61 Å². The van der Waals surface area contributed by atoms with Crippen LogP contribution in [0.5, 0.6) is 5.88 Å². The fourth-order valence-corrected chi connectivity index (χ4v) is 3.08. The molecule has 0 aliphatic carbocycles. The molecular weight excluding hydrogens is 394 g/mol. The molecule has 2 aromatic rings. The van der Waals surface area contributed by atoms with Gasteiger partial charge in [0.25, 0.3) is 0 Å². The van der Waals surface area contributed by atoms with Gasteiger partial charge in [-0.2, -0.15) is 0 Å². The molecule has 1 fully saturated rings. The van der Waals surface area contributed by atoms with Crippen molar-refractivity contribution < 1.29 is 29.9 Å². The fourth-order valence-electron chi connectivity index (χ4n) is 2.47. The minimum atomic E-state index is -1.51. The largest absolute Gasteiger partial charge is 0.445 e. The van der Waals surface area contributed by atoms with Gasteiger partial charge in [-0.25, -0.2) is 0 Å². The van der Waals surface area contributed by atoms with Crippen LogP contribution in [-0.2, 0) is 4.74 Å². The normalized spacial score (nSPS) is 31.5. The molecular formula is C14H15BrClNO6. The van der Waals surface area contributed by atoms with Crippen LogP contribution in [0.4, 0.5) is 0 Å². The second kappa shape index (κ2) is 6.56. The first-order valence-electron chi connectivity index (χ1n) is 6.86. The number of benzene rings is 1. The van der Waals surface area contributed by atoms with Crippen LogP contribution in [0.3, 0.4) is 0 Å². The van der Waals surface area contributed by atoms with Gasteiger partial charge in [-0.15, -0.1) is 0 Å². The summed E-state index contributed by atoms with van der Waals surface area (Å²) in [4.78, 5) is 2.95. The van der Waals surface area contributed by atoms with E-state index in [1.165, 1.54) is 0 Å². The summed E-state index contributed by atoms with van der Waals surface area (Å²) in [6, 6.07) is 5.42. The molecule has 0 saturated carbocycles. The third kappa shape index (κ3) is 3.08. The van der Waals surface area contributed by atoms with Gasteiger partial charge in [-0.3, -0.25) is 0 Å². The first-order chi connectivity index (χ1) is 10.9. The van der Waals surface area contributed by atoms with Crippen molar-refractivity contribution in [1.29, 1.82) is 0 Å². The Balaban J connectivity index is 1.87. The van der Waals surface area contributed by atoms with Crippen molar-refractivity contribution >= 4 is 38.4 Å². The quantitative estimate of drug-likeness (QED) is 0.512. The topological polar surface area (TPSA) is 115 Å². The number of halogens is 2. The van der Waals surface area contributed by atoms with E-state index < -0.39 is 37.3 Å². The summed E-state index contributed by atoms with van der Waals surface area (Å²) in [6.07, 6.45) is -6.79. The number of aliphatic hydroxyl groups is 4. The molecule has 1 saturated heterocycles. The zero-order valence-corrected chi connectivity index (χ0v) is 14.0. The van der Waals surface area contributed by atoms with Crippen LogP contribution < -0.4 is 4.74 Å². The highest BCUT2D eigenvalue weighted by molar-refractivity contribution is 9.10. The lowest BCUT2D eigenvalue weighted by atomic mass is 9.99. The van der Waals surface area contributed by atoms with Crippen LogP contribution in [0.1, 0.15) is 0 Å². The molecule has 1 aromatic carbocycles. The second-order valence-electron chi connectivity index (χ2n) is 5.27. The molecule has 1 aliphatic rings. The number of hydrogen-bond acceptors (Lipinski definition) is 6. The molecule has 2 heterocycles. The molecule has 3 rings (SSSR count). The fraction of sp³-hybridized carbons (Fsp3) is 0.429. The van der Waals surface area contributed by atoms with Crippen LogP contribution in [-0.4, -0.2) is 62.7 Å². The van der Waals surface area contributed by atoms with Crippen molar-refractivity contribution in [2.45, 2.75) is 30.7 Å². The first kappa shape index (κ1) is 17.0. The summed E-state index contributed by atoms with van der Waals surface area (Å²) in [5.41, 5.74) is 0.720. The van der Waals surface area contributed by atoms with Crippen LogP contribution >= 0.6 is 27.5 Å². The second-order valence-corrected chi connectivity index (χ2v) is 6.57. The lowest BCUT2D eigenvalue weighted by Gasteiger charge is -2.39. The Labute approximate surface area is 144 Å². The molecule has 0 bridgehead atoms. The van der Waals surface area contributed by atoms with E-state index in [9.17, 15) is 20.4 Å². The summed E-state index contributed by atoms with van der Waals surface area (Å²) >= 11 is 9.60. The van der Waals surface area contributed by atoms with Gasteiger partial charge in [-0.1, -0.05) is 27.5 Å². The van der Waals surface area contributed by atoms with Crippen LogP contribution in [0.2, 0.25) is 5.02 Å². The van der Waals surface area contributed by atoms with Crippen molar-refractivity contribution in [3.63, 3.8) is 0 Å². The number of hydrogen-bond donors (Lipinski definition) is 5. The smallest absolute Gasteiger partial charge is 0.231 e. The highest BCUT2D eigenvalue weighted by Gasteiger charge is 2.45. The van der Waals surface area contributed by atoms with E-state index in [0.717, 1.165) is 9.99 Å². The minimum Gasteiger partial charge on any atom is -0.445 e. The van der Waals surface area contributed by atoms with Crippen LogP contribution in [0, 0.1) is 0 Å². The standard InChI is InChI=1S/C14H15BrClNO6/c15-5-1-2-7-6(3-5)9(16)13(17-7)23-14-12(21)11(20)10(19)8(4-18)22-14/h1-3,8,10-12,14,17-21H,4H2/t8-,10-,11+,12-,14+/m1/s1. The third-order valence-corrected chi connectivity index (χ3v) is 4.62. The highest BCUT2D eigenvalue weighted by Crippen LogP contribution is 2.36. The maximum absolute atomic E-state index is 9.99. The predicted octanol–water partition coefficient (Wildman–Crippen LogP) is 0.762. The summed E-state index contributed by atoms with van der Waals surface area (Å²) in [5, 5.41) is 39.7. The Kier molecular flexibility index (Phi) is 4.84. The van der Waals surface area contributed by atoms with E-state index in [2.05, 4.69) is 20.9 Å². The number of nitrogens with one attached hydrogen (secondary N) is 1. The average molecular weight is 409 g/mol. The van der Waals surface area contributed by atoms with Gasteiger partial charge >= 0.3 is 0 Å². The van der Waals surface area contributed by atoms with E-state index in [-0.39, 0.29) is 5.88 Å². The number of aromatic nitrogens is 1. The lowest BCUT2D eigenvalue weighted by Crippen LogP contribution is -2.60. The molecule has 7 nitrogen and oxygen atoms in total. The Morgan fingerprint density at radius 1 is 1.22 bits per heavy atom. The maximum Gasteiger partial charge on any atom is 0.231 e. The van der Waals surface area contributed by atoms with E-state index in [1.807, 2.05) is 6.07 Å². The van der Waals surface area contributed by atoms with Gasteiger partial charge in [0.2, 0.25) is 12.2 Å². The van der Waals surface area contributed by atoms with Crippen molar-refractivity contribution in [3.05, 3.63) is 27.7 Å². The molecule has 1 aromatic heterocycles. The molecule has 1 aliphatic heterocycles. The molecule has 0 radical (unpaired) electrons. The molecule has 23 heavy (non-hydrogen) atoms. The van der Waals surface area contributed by atoms with Gasteiger partial charge in [-0.05, 0) is 18.2 Å². The molecule has 0 amide bonds. The molecule has 0 spiro atoms. The van der Waals surface area contributed by atoms with E-state index >= 15 is 0 Å². The summed E-state index contributed by atoms with van der Waals surface area (Å²) in [7, 11) is 0. The Hall–Kier alpha value is -0.870. The van der Waals surface area contributed by atoms with Crippen LogP contribution in [0.15, 0.2) is 22.7 Å². The number of rotatable bonds is 3. The zero-order chi connectivity index (χ0) is 16.7. The molecule has 5 N–H and O–H groups in total. The van der Waals surface area contributed by atoms with Gasteiger partial charge in [0.1, 0.15) is 29.4 Å². The van der Waals surface area contributed by atoms with Gasteiger partial charge in [0.05, 0.1) is 6.61 Å². The molecule has 5 atom stereocenters. The van der Waals surface area contributed by atoms with Crippen molar-refractivity contribution in [1.82, 2.24) is 4.98 Å². The van der Waals surface area contributed by atoms with E-state index in [4.69, 9.17) is 21.1 Å². The molecule has 9 heteroatoms. The van der Waals surface area contributed by atoms with Gasteiger partial charge < -0.3 is 34.9 Å². The number of aliphatic hydroxyl groups excluding tert-OH is 4. The van der Waals surface area contributed by atoms with Crippen LogP contribution in [0.25, 0.3) is 10.9 Å². The Bertz CT molecular complexity index is 708. The number of ether oxygens (including phenoxy) is 2. The Morgan fingerprint density at radius 2 is 1.96 bits per heavy atom. The highest BCUT2D eigenvalue weighted by atomic mass is 79.9. The van der Waals surface area contributed by atoms with Crippen molar-refractivity contribution in [3.8, 4) is 5.88 Å². The number of aromatic amines is 1. The summed E-state index contributed by atoms with van der Waals surface area (Å²) < 4.78 is 11.6. The lowest BCUT2D eigenvalue weighted by molar-refractivity contribution is -0.278. The van der Waals surface area contributed by atoms with Crippen molar-refractivity contribution in [2.24, 2.45) is 0 Å². The number of fused-ring (bicyclic) bond motifs is 1. The monoisotopic (exact) mass is 407 g/mol. The van der Waals surface area contributed by atoms with Gasteiger partial charge in [0.15, 0.2) is 0 Å². The third-order valence-electron chi connectivity index (χ3n) is 3.75. The van der Waals surface area contributed by atoms with E-state index in [1.54, 1.807) is 12.1 Å². The molecule has 0 unspecified atom stereocenters. The van der Waals surface area contributed by atoms with E-state index in [0.29, 0.717) is 10.4 Å². The Morgan fingerprint density at radius 3 is 2.65 bits per heavy atom. The first-order valence-corrected chi connectivity index (χ1v) is 8.03. The summed E-state index contributed by atoms with van der Waals surface area (Å²) in [6.45, 7) is -0.530. The number of H-pyrrole nitrogens is 1. The summed E-state index contributed by atoms with van der Waals surface area (Å²) in [5.74, 6) is 0.157. The van der Waals surface area contributed by atoms with Gasteiger partial charge in [0, 0.05) is 15.4 Å². The average Bonchev–Trinajstić information content (AvgIpc) is 2.84. The zero-order valence-electron chi connectivity index (χ0n) is 11.7. The maximum atomic E-state index is 9.99. The molecule has 126 valence electrons.